The molecule has 6 rings (SSSR count). The third kappa shape index (κ3) is 15.3. The van der Waals surface area contributed by atoms with Crippen LogP contribution < -0.4 is 10.2 Å². The number of amides is 2. The summed E-state index contributed by atoms with van der Waals surface area (Å²) in [6.45, 7) is 9.95. The quantitative estimate of drug-likeness (QED) is 0.0328. The van der Waals surface area contributed by atoms with Gasteiger partial charge in [-0.05, 0) is 106 Å². The van der Waals surface area contributed by atoms with Crippen LogP contribution in [0.15, 0.2) is 94.2 Å². The maximum absolute atomic E-state index is 12.3. The number of hydroxylamine groups is 2. The maximum Gasteiger partial charge on any atom is 0.333 e. The molecule has 0 aromatic heterocycles. The van der Waals surface area contributed by atoms with Crippen molar-refractivity contribution in [3.63, 3.8) is 0 Å². The summed E-state index contributed by atoms with van der Waals surface area (Å²) >= 11 is 0. The standard InChI is InChI=1S/C53H72N4O13S3/c1-52(2)42-22-12-13-23-44(42)55(34-15-17-36-71(61,62)63)46(52)29-25-39-20-19-21-40(51(39)54-33-14-10-8-6-5-7-9-11-24-50(60)70-57-48(58)31-32-49(57)59)26-30-47-53(3,4)43-38-41(73(67,68)69)27-28-45(43)56(47)35-16-18-37-72(64,65)66/h12-13,22-23,25-30,38H,5-11,14-21,24,31-37H2,1-4H3,(H3,61,62,63,64,65,66,67,68,69)/b40-26+,47-30?. The number of nitrogens with one attached hydrogen (secondary N) is 1. The number of imide groups is 1. The average Bonchev–Trinajstić information content (AvgIpc) is 3.83. The summed E-state index contributed by atoms with van der Waals surface area (Å²) < 4.78 is 104. The Bertz CT molecular complexity index is 2880. The van der Waals surface area contributed by atoms with Crippen LogP contribution in [-0.2, 0) is 60.4 Å². The Balaban J connectivity index is 1.22. The van der Waals surface area contributed by atoms with Crippen LogP contribution >= 0.6 is 0 Å². The van der Waals surface area contributed by atoms with E-state index in [1.165, 1.54) is 12.1 Å². The summed E-state index contributed by atoms with van der Waals surface area (Å²) in [5.74, 6) is -2.35. The molecule has 0 bridgehead atoms. The van der Waals surface area contributed by atoms with E-state index in [2.05, 4.69) is 59.0 Å². The van der Waals surface area contributed by atoms with E-state index in [4.69, 9.17) is 4.84 Å². The van der Waals surface area contributed by atoms with Crippen LogP contribution in [-0.4, -0.2) is 103 Å². The Hall–Kier alpha value is -4.99. The van der Waals surface area contributed by atoms with Gasteiger partial charge in [0.15, 0.2) is 5.71 Å². The average molecular weight is 1070 g/mol. The zero-order chi connectivity index (χ0) is 53.2. The van der Waals surface area contributed by atoms with Crippen molar-refractivity contribution in [1.29, 1.82) is 0 Å². The summed E-state index contributed by atoms with van der Waals surface area (Å²) in [4.78, 5) is 42.4. The molecule has 0 saturated carbocycles. The van der Waals surface area contributed by atoms with Gasteiger partial charge in [-0.3, -0.25) is 18.7 Å². The van der Waals surface area contributed by atoms with Gasteiger partial charge in [-0.25, -0.2) is 13.2 Å². The fourth-order valence-corrected chi connectivity index (χ4v) is 12.0. The van der Waals surface area contributed by atoms with Crippen LogP contribution in [0.5, 0.6) is 0 Å². The zero-order valence-electron chi connectivity index (χ0n) is 42.6. The van der Waals surface area contributed by atoms with Crippen LogP contribution in [0, 0.1) is 0 Å². The molecule has 3 heterocycles. The van der Waals surface area contributed by atoms with Crippen LogP contribution in [0.25, 0.3) is 0 Å². The van der Waals surface area contributed by atoms with Gasteiger partial charge in [-0.15, -0.1) is 5.06 Å². The van der Waals surface area contributed by atoms with Crippen molar-refractivity contribution in [3.05, 3.63) is 100 Å². The summed E-state index contributed by atoms with van der Waals surface area (Å²) in [5, 5.41) is 4.40. The molecule has 0 atom stereocenters. The molecule has 73 heavy (non-hydrogen) atoms. The lowest BCUT2D eigenvalue weighted by atomic mass is 9.81. The van der Waals surface area contributed by atoms with Gasteiger partial charge in [0.1, 0.15) is 6.54 Å². The Kier molecular flexibility index (Phi) is 19.3. The second kappa shape index (κ2) is 24.6. The summed E-state index contributed by atoms with van der Waals surface area (Å²) in [6.07, 6.45) is 20.0. The van der Waals surface area contributed by atoms with Gasteiger partial charge < -0.3 is 19.6 Å². The van der Waals surface area contributed by atoms with E-state index in [1.54, 1.807) is 6.07 Å². The van der Waals surface area contributed by atoms with Gasteiger partial charge in [0.05, 0.1) is 26.2 Å². The maximum atomic E-state index is 12.3. The second-order valence-corrected chi connectivity index (χ2v) is 25.0. The number of carbonyl (C=O) groups excluding carboxylic acids is 3. The van der Waals surface area contributed by atoms with Gasteiger partial charge in [0.25, 0.3) is 32.1 Å². The third-order valence-corrected chi connectivity index (χ3v) is 16.7. The van der Waals surface area contributed by atoms with E-state index in [0.717, 1.165) is 109 Å². The first-order valence-corrected chi connectivity index (χ1v) is 30.2. The van der Waals surface area contributed by atoms with E-state index in [0.29, 0.717) is 49.5 Å². The Morgan fingerprint density at radius 2 is 1.41 bits per heavy atom. The summed E-state index contributed by atoms with van der Waals surface area (Å²) in [7, 11) is -13.0. The highest BCUT2D eigenvalue weighted by atomic mass is 32.2. The molecule has 2 amide bonds. The topological polar surface area (TPSA) is 248 Å². The first-order chi connectivity index (χ1) is 34.4. The molecular formula is C53H72N4O13S3. The minimum atomic E-state index is -4.50. The Labute approximate surface area is 431 Å². The molecule has 17 nitrogen and oxygen atoms in total. The summed E-state index contributed by atoms with van der Waals surface area (Å²) in [5.41, 5.74) is 7.62. The first kappa shape index (κ1) is 57.3. The molecule has 1 fully saturated rings. The van der Waals surface area contributed by atoms with Crippen LogP contribution in [0.4, 0.5) is 11.4 Å². The minimum Gasteiger partial charge on any atom is -0.748 e. The highest BCUT2D eigenvalue weighted by Gasteiger charge is 2.44. The number of benzene rings is 2. The Morgan fingerprint density at radius 3 is 2.08 bits per heavy atom. The monoisotopic (exact) mass is 1070 g/mol. The molecule has 1 saturated heterocycles. The highest BCUT2D eigenvalue weighted by molar-refractivity contribution is 7.86. The van der Waals surface area contributed by atoms with Crippen LogP contribution in [0.2, 0.25) is 0 Å². The fourth-order valence-electron chi connectivity index (χ4n) is 10.4. The van der Waals surface area contributed by atoms with Crippen molar-refractivity contribution >= 4 is 65.2 Å². The third-order valence-electron chi connectivity index (χ3n) is 14.2. The van der Waals surface area contributed by atoms with Crippen molar-refractivity contribution in [2.75, 3.05) is 36.0 Å². The van der Waals surface area contributed by atoms with Crippen molar-refractivity contribution in [3.8, 4) is 0 Å². The number of allylic oxidation sites excluding steroid dienone is 7. The zero-order valence-corrected chi connectivity index (χ0v) is 45.0. The number of anilines is 1. The smallest absolute Gasteiger partial charge is 0.333 e. The van der Waals surface area contributed by atoms with Gasteiger partial charge in [0.2, 0.25) is 5.69 Å². The van der Waals surface area contributed by atoms with Crippen molar-refractivity contribution < 1.29 is 62.7 Å². The lowest BCUT2D eigenvalue weighted by molar-refractivity contribution is -0.438. The van der Waals surface area contributed by atoms with Gasteiger partial charge in [-0.1, -0.05) is 82.7 Å². The molecule has 0 unspecified atom stereocenters. The lowest BCUT2D eigenvalue weighted by Crippen LogP contribution is -2.31. The molecule has 2 aromatic carbocycles. The van der Waals surface area contributed by atoms with Gasteiger partial charge >= 0.3 is 5.97 Å². The van der Waals surface area contributed by atoms with E-state index in [9.17, 15) is 53.3 Å². The van der Waals surface area contributed by atoms with Crippen molar-refractivity contribution in [2.24, 2.45) is 0 Å². The van der Waals surface area contributed by atoms with Gasteiger partial charge in [-0.2, -0.15) is 21.4 Å². The number of para-hydroxylation sites is 1. The first-order valence-electron chi connectivity index (χ1n) is 25.5. The highest BCUT2D eigenvalue weighted by Crippen LogP contribution is 2.49. The fraction of sp³-hybridized carbons (Fsp3) is 0.547. The van der Waals surface area contributed by atoms with E-state index in [-0.39, 0.29) is 48.2 Å². The predicted octanol–water partition coefficient (Wildman–Crippen LogP) is 8.61. The molecule has 2 aromatic rings. The Morgan fingerprint density at radius 1 is 0.753 bits per heavy atom. The van der Waals surface area contributed by atoms with Crippen molar-refractivity contribution in [2.45, 2.75) is 159 Å². The largest absolute Gasteiger partial charge is 0.748 e. The number of rotatable bonds is 27. The van der Waals surface area contributed by atoms with E-state index in [1.807, 2.05) is 32.1 Å². The van der Waals surface area contributed by atoms with Crippen LogP contribution in [0.3, 0.4) is 0 Å². The predicted molar refractivity (Wildman–Crippen MR) is 278 cm³/mol. The molecular weight excluding hydrogens is 997 g/mol. The van der Waals surface area contributed by atoms with E-state index < -0.39 is 59.3 Å². The second-order valence-electron chi connectivity index (χ2n) is 20.5. The lowest BCUT2D eigenvalue weighted by Gasteiger charge is -2.28. The summed E-state index contributed by atoms with van der Waals surface area (Å²) in [6, 6.07) is 12.7. The molecule has 20 heteroatoms. The van der Waals surface area contributed by atoms with Crippen molar-refractivity contribution in [1.82, 2.24) is 10.4 Å². The van der Waals surface area contributed by atoms with Crippen LogP contribution in [0.1, 0.15) is 154 Å². The van der Waals surface area contributed by atoms with E-state index >= 15 is 0 Å². The molecule has 3 aliphatic heterocycles. The SMILES string of the molecule is CC1(C)C(=C/C=C2\CCCC(/C=C/C3=[N+](CCCCS(=O)(=O)[O-])c4ccccc4C3(C)C)=C2NCCCCCCCCCCC(=O)ON2C(=O)CCC2=O)N(CCCCS(=O)(=O)O)c2ccc(S(=O)(=O)O)cc21. The number of carbonyl (C=O) groups is 3. The molecule has 4 aliphatic rings. The minimum absolute atomic E-state index is 0.0616. The number of hydrogen-bond donors (Lipinski definition) is 3. The van der Waals surface area contributed by atoms with Gasteiger partial charge in [0, 0.05) is 84.7 Å². The normalized spacial score (nSPS) is 19.0. The molecule has 0 spiro atoms. The molecule has 0 radical (unpaired) electrons. The number of nitrogens with zero attached hydrogens (tertiary/aromatic N) is 3. The number of fused-ring (bicyclic) bond motifs is 2. The molecule has 1 aliphatic carbocycles. The number of unbranched alkanes of at least 4 members (excludes halogenated alkanes) is 9. The molecule has 3 N–H and O–H groups in total. The number of hydrogen-bond acceptors (Lipinski definition) is 13. The molecule has 400 valence electrons.